The molecule has 0 aliphatic carbocycles. The van der Waals surface area contributed by atoms with Gasteiger partial charge in [0.2, 0.25) is 5.78 Å². The molecule has 1 aliphatic rings. The number of aromatic nitrogens is 1. The fraction of sp³-hybridized carbons (Fsp3) is 0.0769. The van der Waals surface area contributed by atoms with Gasteiger partial charge in [-0.15, -0.1) is 0 Å². The third kappa shape index (κ3) is 1.82. The Bertz CT molecular complexity index is 645. The molecule has 0 radical (unpaired) electrons. The van der Waals surface area contributed by atoms with Gasteiger partial charge in [-0.2, -0.15) is 0 Å². The van der Waals surface area contributed by atoms with Gasteiger partial charge in [-0.3, -0.25) is 9.78 Å². The van der Waals surface area contributed by atoms with Gasteiger partial charge in [0.1, 0.15) is 11.4 Å². The Hall–Kier alpha value is -1.36. The molecule has 0 amide bonds. The molecule has 0 saturated heterocycles. The van der Waals surface area contributed by atoms with E-state index in [1.165, 1.54) is 0 Å². The van der Waals surface area contributed by atoms with Crippen molar-refractivity contribution < 1.29 is 9.35 Å². The zero-order chi connectivity index (χ0) is 12.7. The Balaban J connectivity index is 2.25. The maximum absolute atomic E-state index is 12.3. The Morgan fingerprint density at radius 3 is 3.00 bits per heavy atom. The van der Waals surface area contributed by atoms with E-state index in [0.717, 1.165) is 0 Å². The molecular formula is C13H8ClNO2S. The van der Waals surface area contributed by atoms with Gasteiger partial charge in [0.15, 0.2) is 4.90 Å². The van der Waals surface area contributed by atoms with Crippen LogP contribution in [0.15, 0.2) is 41.4 Å². The van der Waals surface area contributed by atoms with Gasteiger partial charge in [0.05, 0.1) is 5.56 Å². The van der Waals surface area contributed by atoms with Crippen LogP contribution in [0.2, 0.25) is 5.02 Å². The highest BCUT2D eigenvalue weighted by Crippen LogP contribution is 2.30. The molecule has 0 spiro atoms. The van der Waals surface area contributed by atoms with E-state index in [-0.39, 0.29) is 5.78 Å². The number of rotatable bonds is 0. The van der Waals surface area contributed by atoms with Crippen molar-refractivity contribution in [3.05, 3.63) is 58.4 Å². The summed E-state index contributed by atoms with van der Waals surface area (Å²) in [4.78, 5) is 16.9. The van der Waals surface area contributed by atoms with Crippen molar-refractivity contribution in [1.82, 2.24) is 4.98 Å². The Morgan fingerprint density at radius 1 is 1.33 bits per heavy atom. The van der Waals surface area contributed by atoms with Crippen molar-refractivity contribution in [3.63, 3.8) is 0 Å². The van der Waals surface area contributed by atoms with Gasteiger partial charge >= 0.3 is 0 Å². The zero-order valence-corrected chi connectivity index (χ0v) is 10.8. The lowest BCUT2D eigenvalue weighted by Gasteiger charge is -2.09. The molecular weight excluding hydrogens is 270 g/mol. The van der Waals surface area contributed by atoms with Crippen molar-refractivity contribution in [3.8, 4) is 0 Å². The van der Waals surface area contributed by atoms with Crippen molar-refractivity contribution in [2.45, 2.75) is 10.6 Å². The van der Waals surface area contributed by atoms with Gasteiger partial charge in [0, 0.05) is 22.8 Å². The first-order chi connectivity index (χ1) is 8.66. The van der Waals surface area contributed by atoms with Crippen molar-refractivity contribution in [1.29, 1.82) is 0 Å². The average molecular weight is 278 g/mol. The van der Waals surface area contributed by atoms with Crippen molar-refractivity contribution >= 4 is 28.6 Å². The van der Waals surface area contributed by atoms with Crippen LogP contribution in [0.1, 0.15) is 21.6 Å². The van der Waals surface area contributed by atoms with Gasteiger partial charge in [-0.05, 0) is 29.4 Å². The van der Waals surface area contributed by atoms with Crippen molar-refractivity contribution in [2.75, 3.05) is 0 Å². The minimum Gasteiger partial charge on any atom is -0.611 e. The van der Waals surface area contributed by atoms with E-state index >= 15 is 0 Å². The lowest BCUT2D eigenvalue weighted by atomic mass is 10.0. The summed E-state index contributed by atoms with van der Waals surface area (Å²) >= 11 is 4.62. The summed E-state index contributed by atoms with van der Waals surface area (Å²) in [5, 5.41) is 0.480. The first-order valence-electron chi connectivity index (χ1n) is 5.33. The molecule has 0 bridgehead atoms. The van der Waals surface area contributed by atoms with E-state index in [0.29, 0.717) is 32.5 Å². The molecule has 1 aromatic carbocycles. The van der Waals surface area contributed by atoms with Gasteiger partial charge < -0.3 is 4.55 Å². The topological polar surface area (TPSA) is 53.0 Å². The van der Waals surface area contributed by atoms with Crippen LogP contribution in [-0.2, 0) is 16.9 Å². The minimum absolute atomic E-state index is 0.192. The molecule has 2 aromatic rings. The Labute approximate surface area is 112 Å². The quantitative estimate of drug-likeness (QED) is 0.696. The van der Waals surface area contributed by atoms with E-state index in [2.05, 4.69) is 4.98 Å². The third-order valence-corrected chi connectivity index (χ3v) is 4.46. The maximum Gasteiger partial charge on any atom is 0.216 e. The summed E-state index contributed by atoms with van der Waals surface area (Å²) in [7, 11) is 0. The molecule has 1 unspecified atom stereocenters. The minimum atomic E-state index is -1.27. The molecule has 18 heavy (non-hydrogen) atoms. The van der Waals surface area contributed by atoms with E-state index in [1.807, 2.05) is 0 Å². The second kappa shape index (κ2) is 4.39. The number of hydrogen-bond donors (Lipinski definition) is 0. The summed E-state index contributed by atoms with van der Waals surface area (Å²) in [6, 6.07) is 8.36. The standard InChI is InChI=1S/C13H8ClNO2S/c14-9-3-4-10-11(6-9)18(17)7-8-2-1-5-15-12(8)13(10)16/h1-6H,7H2. The molecule has 0 fully saturated rings. The third-order valence-electron chi connectivity index (χ3n) is 2.83. The number of pyridine rings is 1. The van der Waals surface area contributed by atoms with Crippen LogP contribution >= 0.6 is 11.6 Å². The monoisotopic (exact) mass is 277 g/mol. The summed E-state index contributed by atoms with van der Waals surface area (Å²) in [6.45, 7) is 0. The van der Waals surface area contributed by atoms with E-state index in [4.69, 9.17) is 11.6 Å². The van der Waals surface area contributed by atoms with Crippen LogP contribution in [0, 0.1) is 0 Å². The summed E-state index contributed by atoms with van der Waals surface area (Å²) < 4.78 is 12.2. The van der Waals surface area contributed by atoms with E-state index in [1.54, 1.807) is 36.5 Å². The number of benzene rings is 1. The molecule has 1 atom stereocenters. The molecule has 1 aliphatic heterocycles. The van der Waals surface area contributed by atoms with Crippen LogP contribution in [0.3, 0.4) is 0 Å². The van der Waals surface area contributed by atoms with Crippen LogP contribution in [0.4, 0.5) is 0 Å². The maximum atomic E-state index is 12.3. The number of hydrogen-bond acceptors (Lipinski definition) is 3. The molecule has 2 heterocycles. The lowest BCUT2D eigenvalue weighted by molar-refractivity contribution is 0.103. The van der Waals surface area contributed by atoms with Crippen LogP contribution in [0.25, 0.3) is 0 Å². The molecule has 3 rings (SSSR count). The zero-order valence-electron chi connectivity index (χ0n) is 9.22. The normalized spacial score (nSPS) is 17.9. The van der Waals surface area contributed by atoms with Gasteiger partial charge in [-0.25, -0.2) is 0 Å². The first kappa shape index (κ1) is 11.7. The number of carbonyl (C=O) groups excluding carboxylic acids is 1. The Kier molecular flexibility index (Phi) is 2.86. The summed E-state index contributed by atoms with van der Waals surface area (Å²) in [5.41, 5.74) is 1.52. The highest BCUT2D eigenvalue weighted by Gasteiger charge is 2.30. The summed E-state index contributed by atoms with van der Waals surface area (Å²) in [6.07, 6.45) is 1.57. The van der Waals surface area contributed by atoms with Gasteiger partial charge in [-0.1, -0.05) is 17.7 Å². The molecule has 3 nitrogen and oxygen atoms in total. The predicted molar refractivity (Wildman–Crippen MR) is 69.2 cm³/mol. The largest absolute Gasteiger partial charge is 0.611 e. The predicted octanol–water partition coefficient (Wildman–Crippen LogP) is 2.59. The smallest absolute Gasteiger partial charge is 0.216 e. The number of carbonyl (C=O) groups is 1. The average Bonchev–Trinajstić information content (AvgIpc) is 2.47. The van der Waals surface area contributed by atoms with Gasteiger partial charge in [0.25, 0.3) is 0 Å². The number of ketones is 1. The molecule has 0 N–H and O–H groups in total. The van der Waals surface area contributed by atoms with Crippen molar-refractivity contribution in [2.24, 2.45) is 0 Å². The second-order valence-corrected chi connectivity index (χ2v) is 5.83. The molecule has 0 saturated carbocycles. The molecule has 1 aromatic heterocycles. The fourth-order valence-electron chi connectivity index (χ4n) is 1.98. The van der Waals surface area contributed by atoms with E-state index < -0.39 is 11.2 Å². The SMILES string of the molecule is O=C1c2ccc(Cl)cc2[S+]([O-])Cc2cccnc21. The number of fused-ring (bicyclic) bond motifs is 2. The second-order valence-electron chi connectivity index (χ2n) is 3.97. The highest BCUT2D eigenvalue weighted by molar-refractivity contribution is 7.90. The molecule has 90 valence electrons. The van der Waals surface area contributed by atoms with Crippen LogP contribution in [-0.4, -0.2) is 15.3 Å². The Morgan fingerprint density at radius 2 is 2.17 bits per heavy atom. The summed E-state index contributed by atoms with van der Waals surface area (Å²) in [5.74, 6) is 0.102. The number of halogens is 1. The van der Waals surface area contributed by atoms with Crippen LogP contribution < -0.4 is 0 Å². The first-order valence-corrected chi connectivity index (χ1v) is 7.03. The lowest BCUT2D eigenvalue weighted by Crippen LogP contribution is -2.06. The van der Waals surface area contributed by atoms with Crippen LogP contribution in [0.5, 0.6) is 0 Å². The fourth-order valence-corrected chi connectivity index (χ4v) is 3.55. The number of nitrogens with zero attached hydrogens (tertiary/aromatic N) is 1. The van der Waals surface area contributed by atoms with E-state index in [9.17, 15) is 9.35 Å². The molecule has 5 heteroatoms. The highest BCUT2D eigenvalue weighted by atomic mass is 35.5.